The molecular weight excluding hydrogens is 252 g/mol. The first-order chi connectivity index (χ1) is 9.80. The van der Waals surface area contributed by atoms with Crippen molar-refractivity contribution in [2.45, 2.75) is 32.9 Å². The summed E-state index contributed by atoms with van der Waals surface area (Å²) in [6, 6.07) is 8.21. The van der Waals surface area contributed by atoms with E-state index in [-0.39, 0.29) is 6.04 Å². The number of hydrogen-bond acceptors (Lipinski definition) is 4. The Hall–Kier alpha value is -1.88. The van der Waals surface area contributed by atoms with Gasteiger partial charge in [-0.3, -0.25) is 0 Å². The van der Waals surface area contributed by atoms with Gasteiger partial charge in [-0.2, -0.15) is 0 Å². The van der Waals surface area contributed by atoms with E-state index in [1.165, 1.54) is 0 Å². The topological polar surface area (TPSA) is 52.0 Å². The van der Waals surface area contributed by atoms with Crippen molar-refractivity contribution in [1.29, 1.82) is 0 Å². The zero-order chi connectivity index (χ0) is 14.4. The summed E-state index contributed by atoms with van der Waals surface area (Å²) in [6.07, 6.45) is 2.86. The van der Waals surface area contributed by atoms with Crippen LogP contribution in [0.25, 0.3) is 0 Å². The molecule has 20 heavy (non-hydrogen) atoms. The van der Waals surface area contributed by atoms with Gasteiger partial charge in [-0.05, 0) is 38.1 Å². The first-order valence-electron chi connectivity index (χ1n) is 7.08. The second-order valence-electron chi connectivity index (χ2n) is 4.61. The van der Waals surface area contributed by atoms with Crippen LogP contribution in [0.15, 0.2) is 30.5 Å². The van der Waals surface area contributed by atoms with E-state index in [2.05, 4.69) is 34.7 Å². The van der Waals surface area contributed by atoms with E-state index >= 15 is 0 Å². The average molecular weight is 274 g/mol. The SMILES string of the molecule is CCCn1nncc1C(NC)c1cccc(OCC)c1. The van der Waals surface area contributed by atoms with Crippen LogP contribution in [0.5, 0.6) is 5.75 Å². The molecule has 0 aliphatic heterocycles. The minimum absolute atomic E-state index is 0.0666. The number of aromatic nitrogens is 3. The molecule has 108 valence electrons. The molecule has 5 heteroatoms. The fraction of sp³-hybridized carbons (Fsp3) is 0.467. The molecule has 1 aromatic heterocycles. The Morgan fingerprint density at radius 1 is 1.35 bits per heavy atom. The lowest BCUT2D eigenvalue weighted by Crippen LogP contribution is -2.21. The third kappa shape index (κ3) is 3.17. The highest BCUT2D eigenvalue weighted by atomic mass is 16.5. The molecule has 1 atom stereocenters. The van der Waals surface area contributed by atoms with Crippen molar-refractivity contribution in [3.05, 3.63) is 41.7 Å². The summed E-state index contributed by atoms with van der Waals surface area (Å²) in [5, 5.41) is 11.5. The number of benzene rings is 1. The number of nitrogens with zero attached hydrogens (tertiary/aromatic N) is 3. The summed E-state index contributed by atoms with van der Waals surface area (Å²) in [5.74, 6) is 0.889. The van der Waals surface area contributed by atoms with Crippen molar-refractivity contribution in [2.24, 2.45) is 0 Å². The van der Waals surface area contributed by atoms with Crippen molar-refractivity contribution >= 4 is 0 Å². The third-order valence-electron chi connectivity index (χ3n) is 3.17. The van der Waals surface area contributed by atoms with E-state index in [0.717, 1.165) is 30.0 Å². The molecule has 1 heterocycles. The van der Waals surface area contributed by atoms with Crippen LogP contribution in [-0.2, 0) is 6.54 Å². The van der Waals surface area contributed by atoms with Gasteiger partial charge in [0.15, 0.2) is 0 Å². The number of nitrogens with one attached hydrogen (secondary N) is 1. The molecule has 0 aliphatic carbocycles. The molecule has 0 fully saturated rings. The van der Waals surface area contributed by atoms with E-state index in [1.54, 1.807) is 0 Å². The van der Waals surface area contributed by atoms with Crippen molar-refractivity contribution < 1.29 is 4.74 Å². The lowest BCUT2D eigenvalue weighted by Gasteiger charge is -2.18. The highest BCUT2D eigenvalue weighted by Gasteiger charge is 2.17. The lowest BCUT2D eigenvalue weighted by atomic mass is 10.0. The lowest BCUT2D eigenvalue weighted by molar-refractivity contribution is 0.339. The van der Waals surface area contributed by atoms with Crippen LogP contribution in [0.2, 0.25) is 0 Å². The summed E-state index contributed by atoms with van der Waals surface area (Å²) in [5.41, 5.74) is 2.22. The third-order valence-corrected chi connectivity index (χ3v) is 3.17. The standard InChI is InChI=1S/C15H22N4O/c1-4-9-19-14(11-17-18-19)15(16-3)12-7-6-8-13(10-12)20-5-2/h6-8,10-11,15-16H,4-5,9H2,1-3H3. The fourth-order valence-electron chi connectivity index (χ4n) is 2.31. The second-order valence-corrected chi connectivity index (χ2v) is 4.61. The second kappa shape index (κ2) is 7.05. The van der Waals surface area contributed by atoms with Gasteiger partial charge in [0.05, 0.1) is 24.5 Å². The van der Waals surface area contributed by atoms with Crippen molar-refractivity contribution in [1.82, 2.24) is 20.3 Å². The zero-order valence-electron chi connectivity index (χ0n) is 12.3. The van der Waals surface area contributed by atoms with E-state index in [1.807, 2.05) is 37.0 Å². The fourth-order valence-corrected chi connectivity index (χ4v) is 2.31. The summed E-state index contributed by atoms with van der Waals surface area (Å²) in [7, 11) is 1.95. The maximum Gasteiger partial charge on any atom is 0.119 e. The van der Waals surface area contributed by atoms with Crippen LogP contribution in [0.3, 0.4) is 0 Å². The molecular formula is C15H22N4O. The summed E-state index contributed by atoms with van der Waals surface area (Å²) in [6.45, 7) is 5.67. The van der Waals surface area contributed by atoms with Gasteiger partial charge in [0.25, 0.3) is 0 Å². The van der Waals surface area contributed by atoms with E-state index in [0.29, 0.717) is 6.61 Å². The molecule has 2 aromatic rings. The van der Waals surface area contributed by atoms with Gasteiger partial charge in [0, 0.05) is 6.54 Å². The minimum atomic E-state index is 0.0666. The Morgan fingerprint density at radius 2 is 2.20 bits per heavy atom. The Labute approximate surface area is 120 Å². The highest BCUT2D eigenvalue weighted by Crippen LogP contribution is 2.24. The Balaban J connectivity index is 2.31. The molecule has 1 aromatic carbocycles. The molecule has 2 rings (SSSR count). The van der Waals surface area contributed by atoms with E-state index in [4.69, 9.17) is 4.74 Å². The smallest absolute Gasteiger partial charge is 0.119 e. The quantitative estimate of drug-likeness (QED) is 0.842. The van der Waals surface area contributed by atoms with Gasteiger partial charge >= 0.3 is 0 Å². The maximum absolute atomic E-state index is 5.57. The molecule has 0 saturated carbocycles. The Bertz CT molecular complexity index is 538. The maximum atomic E-state index is 5.57. The van der Waals surface area contributed by atoms with Crippen molar-refractivity contribution in [3.63, 3.8) is 0 Å². The predicted molar refractivity (Wildman–Crippen MR) is 78.8 cm³/mol. The summed E-state index contributed by atoms with van der Waals surface area (Å²) in [4.78, 5) is 0. The van der Waals surface area contributed by atoms with Crippen LogP contribution in [0.4, 0.5) is 0 Å². The predicted octanol–water partition coefficient (Wildman–Crippen LogP) is 2.40. The summed E-state index contributed by atoms with van der Waals surface area (Å²) >= 11 is 0. The van der Waals surface area contributed by atoms with Crippen molar-refractivity contribution in [2.75, 3.05) is 13.7 Å². The van der Waals surface area contributed by atoms with Crippen LogP contribution in [0, 0.1) is 0 Å². The van der Waals surface area contributed by atoms with Gasteiger partial charge in [-0.1, -0.05) is 24.3 Å². The van der Waals surface area contributed by atoms with Gasteiger partial charge in [0.2, 0.25) is 0 Å². The van der Waals surface area contributed by atoms with Crippen LogP contribution in [0.1, 0.15) is 37.6 Å². The van der Waals surface area contributed by atoms with Crippen LogP contribution in [-0.4, -0.2) is 28.6 Å². The molecule has 5 nitrogen and oxygen atoms in total. The number of aryl methyl sites for hydroxylation is 1. The number of ether oxygens (including phenoxy) is 1. The molecule has 0 bridgehead atoms. The first-order valence-corrected chi connectivity index (χ1v) is 7.08. The van der Waals surface area contributed by atoms with Gasteiger partial charge < -0.3 is 10.1 Å². The first kappa shape index (κ1) is 14.5. The van der Waals surface area contributed by atoms with E-state index in [9.17, 15) is 0 Å². The molecule has 0 aliphatic rings. The molecule has 0 amide bonds. The van der Waals surface area contributed by atoms with Crippen molar-refractivity contribution in [3.8, 4) is 5.75 Å². The number of rotatable bonds is 7. The van der Waals surface area contributed by atoms with Gasteiger partial charge in [-0.25, -0.2) is 4.68 Å². The van der Waals surface area contributed by atoms with Crippen LogP contribution < -0.4 is 10.1 Å². The monoisotopic (exact) mass is 274 g/mol. The number of hydrogen-bond donors (Lipinski definition) is 1. The largest absolute Gasteiger partial charge is 0.494 e. The highest BCUT2D eigenvalue weighted by molar-refractivity contribution is 5.34. The van der Waals surface area contributed by atoms with Gasteiger partial charge in [0.1, 0.15) is 5.75 Å². The molecule has 0 radical (unpaired) electrons. The normalized spacial score (nSPS) is 12.3. The molecule has 0 spiro atoms. The summed E-state index contributed by atoms with van der Waals surface area (Å²) < 4.78 is 7.52. The Morgan fingerprint density at radius 3 is 2.90 bits per heavy atom. The zero-order valence-corrected chi connectivity index (χ0v) is 12.3. The molecule has 1 N–H and O–H groups in total. The molecule has 1 unspecified atom stereocenters. The van der Waals surface area contributed by atoms with E-state index < -0.39 is 0 Å². The Kier molecular flexibility index (Phi) is 5.12. The van der Waals surface area contributed by atoms with Gasteiger partial charge in [-0.15, -0.1) is 5.10 Å². The molecule has 0 saturated heterocycles. The average Bonchev–Trinajstić information content (AvgIpc) is 2.89. The minimum Gasteiger partial charge on any atom is -0.494 e. The van der Waals surface area contributed by atoms with Crippen LogP contribution >= 0.6 is 0 Å².